The van der Waals surface area contributed by atoms with E-state index in [1.165, 1.54) is 0 Å². The third kappa shape index (κ3) is 5.28. The minimum absolute atomic E-state index is 0.0898. The van der Waals surface area contributed by atoms with Crippen LogP contribution in [0.1, 0.15) is 12.6 Å². The molecule has 2 heterocycles. The highest BCUT2D eigenvalue weighted by Crippen LogP contribution is 2.30. The number of aliphatic imine (C=N–C) groups is 1. The van der Waals surface area contributed by atoms with E-state index < -0.39 is 0 Å². The first kappa shape index (κ1) is 20.6. The Labute approximate surface area is 181 Å². The van der Waals surface area contributed by atoms with E-state index in [1.54, 1.807) is 7.11 Å². The van der Waals surface area contributed by atoms with Crippen LogP contribution in [0.4, 0.5) is 0 Å². The zero-order valence-corrected chi connectivity index (χ0v) is 17.7. The molecule has 1 aliphatic rings. The van der Waals surface area contributed by atoms with Crippen molar-refractivity contribution in [1.82, 2.24) is 20.4 Å². The molecule has 2 N–H and O–H groups in total. The molecule has 31 heavy (non-hydrogen) atoms. The fourth-order valence-electron chi connectivity index (χ4n) is 3.20. The number of fused-ring (bicyclic) bond motifs is 1. The number of nitrogens with zero attached hydrogens (tertiary/aromatic N) is 3. The lowest BCUT2D eigenvalue weighted by molar-refractivity contribution is 0.0936. The first-order valence-corrected chi connectivity index (χ1v) is 10.3. The Morgan fingerprint density at radius 1 is 1.13 bits per heavy atom. The Bertz CT molecular complexity index is 1020. The van der Waals surface area contributed by atoms with Gasteiger partial charge in [-0.3, -0.25) is 0 Å². The number of benzene rings is 2. The molecule has 2 aromatic carbocycles. The molecule has 162 valence electrons. The summed E-state index contributed by atoms with van der Waals surface area (Å²) in [6.45, 7) is 4.34. The van der Waals surface area contributed by atoms with Gasteiger partial charge in [-0.05, 0) is 49.4 Å². The molecular formula is C23H27N5O3. The number of methoxy groups -OCH3 is 1. The van der Waals surface area contributed by atoms with Crippen LogP contribution in [-0.2, 0) is 6.54 Å². The van der Waals surface area contributed by atoms with Crippen molar-refractivity contribution in [1.29, 1.82) is 0 Å². The van der Waals surface area contributed by atoms with Crippen molar-refractivity contribution in [3.05, 3.63) is 66.5 Å². The van der Waals surface area contributed by atoms with E-state index in [-0.39, 0.29) is 6.10 Å². The molecule has 0 saturated heterocycles. The van der Waals surface area contributed by atoms with Gasteiger partial charge < -0.3 is 24.8 Å². The number of guanidine groups is 1. The Kier molecular flexibility index (Phi) is 6.56. The van der Waals surface area contributed by atoms with Gasteiger partial charge in [-0.25, -0.2) is 9.67 Å². The number of para-hydroxylation sites is 2. The van der Waals surface area contributed by atoms with Crippen molar-refractivity contribution in [2.45, 2.75) is 19.6 Å². The molecule has 0 radical (unpaired) electrons. The Balaban J connectivity index is 1.34. The van der Waals surface area contributed by atoms with Gasteiger partial charge >= 0.3 is 0 Å². The highest BCUT2D eigenvalue weighted by Gasteiger charge is 2.20. The van der Waals surface area contributed by atoms with Crippen molar-refractivity contribution in [3.8, 4) is 22.9 Å². The van der Waals surface area contributed by atoms with Crippen molar-refractivity contribution < 1.29 is 14.2 Å². The summed E-state index contributed by atoms with van der Waals surface area (Å²) in [6, 6.07) is 17.4. The van der Waals surface area contributed by atoms with Crippen LogP contribution in [0.15, 0.2) is 65.8 Å². The monoisotopic (exact) mass is 421 g/mol. The van der Waals surface area contributed by atoms with Crippen molar-refractivity contribution >= 4 is 5.96 Å². The van der Waals surface area contributed by atoms with Gasteiger partial charge in [0, 0.05) is 12.7 Å². The van der Waals surface area contributed by atoms with Gasteiger partial charge in [0.1, 0.15) is 18.5 Å². The number of rotatable bonds is 7. The summed E-state index contributed by atoms with van der Waals surface area (Å²) in [4.78, 5) is 4.65. The maximum absolute atomic E-state index is 6.00. The van der Waals surface area contributed by atoms with Crippen LogP contribution in [0.2, 0.25) is 0 Å². The number of nitrogens with one attached hydrogen (secondary N) is 2. The van der Waals surface area contributed by atoms with Gasteiger partial charge in [0.15, 0.2) is 17.5 Å². The van der Waals surface area contributed by atoms with E-state index in [4.69, 9.17) is 14.2 Å². The van der Waals surface area contributed by atoms with Gasteiger partial charge in [0.2, 0.25) is 0 Å². The average Bonchev–Trinajstić information content (AvgIpc) is 3.30. The van der Waals surface area contributed by atoms with Gasteiger partial charge in [0.25, 0.3) is 0 Å². The Hall–Kier alpha value is -3.68. The third-order valence-corrected chi connectivity index (χ3v) is 4.79. The van der Waals surface area contributed by atoms with Crippen LogP contribution < -0.4 is 24.8 Å². The van der Waals surface area contributed by atoms with Crippen LogP contribution in [0.3, 0.4) is 0 Å². The molecule has 1 aromatic heterocycles. The topological polar surface area (TPSA) is 81.9 Å². The van der Waals surface area contributed by atoms with Gasteiger partial charge in [-0.1, -0.05) is 12.1 Å². The van der Waals surface area contributed by atoms with E-state index in [0.717, 1.165) is 35.2 Å². The highest BCUT2D eigenvalue weighted by molar-refractivity contribution is 5.79. The SMILES string of the molecule is CCNC(=NCc1ccn(-c2ccc(OC)cc2)n1)NCC1COc2ccccc2O1. The Morgan fingerprint density at radius 2 is 1.94 bits per heavy atom. The first-order valence-electron chi connectivity index (χ1n) is 10.3. The fraction of sp³-hybridized carbons (Fsp3) is 0.304. The van der Waals surface area contributed by atoms with Gasteiger partial charge in [-0.2, -0.15) is 5.10 Å². The largest absolute Gasteiger partial charge is 0.497 e. The predicted molar refractivity (Wildman–Crippen MR) is 119 cm³/mol. The molecular weight excluding hydrogens is 394 g/mol. The minimum Gasteiger partial charge on any atom is -0.497 e. The Morgan fingerprint density at radius 3 is 2.71 bits per heavy atom. The molecule has 1 aliphatic heterocycles. The standard InChI is InChI=1S/C23H27N5O3/c1-3-24-23(26-15-20-16-30-21-6-4-5-7-22(21)31-20)25-14-17-12-13-28(27-17)18-8-10-19(29-2)11-9-18/h4-13,20H,3,14-16H2,1-2H3,(H2,24,25,26). The lowest BCUT2D eigenvalue weighted by atomic mass is 10.2. The summed E-state index contributed by atoms with van der Waals surface area (Å²) in [7, 11) is 1.65. The molecule has 8 nitrogen and oxygen atoms in total. The van der Waals surface area contributed by atoms with E-state index >= 15 is 0 Å². The second-order valence-electron chi connectivity index (χ2n) is 7.02. The molecule has 8 heteroatoms. The molecule has 1 unspecified atom stereocenters. The van der Waals surface area contributed by atoms with Gasteiger partial charge in [-0.15, -0.1) is 0 Å². The lowest BCUT2D eigenvalue weighted by Crippen LogP contribution is -2.45. The zero-order valence-electron chi connectivity index (χ0n) is 17.7. The smallest absolute Gasteiger partial charge is 0.191 e. The minimum atomic E-state index is -0.0898. The number of ether oxygens (including phenoxy) is 3. The number of hydrogen-bond donors (Lipinski definition) is 2. The summed E-state index contributed by atoms with van der Waals surface area (Å²) in [6.07, 6.45) is 1.84. The van der Waals surface area contributed by atoms with Gasteiger partial charge in [0.05, 0.1) is 31.6 Å². The highest BCUT2D eigenvalue weighted by atomic mass is 16.6. The summed E-state index contributed by atoms with van der Waals surface area (Å²) in [5, 5.41) is 11.2. The predicted octanol–water partition coefficient (Wildman–Crippen LogP) is 2.78. The zero-order chi connectivity index (χ0) is 21.5. The molecule has 0 amide bonds. The van der Waals surface area contributed by atoms with E-state index in [0.29, 0.717) is 25.7 Å². The van der Waals surface area contributed by atoms with Crippen LogP contribution in [0.5, 0.6) is 17.2 Å². The molecule has 0 bridgehead atoms. The molecule has 0 fully saturated rings. The van der Waals surface area contributed by atoms with Crippen molar-refractivity contribution in [3.63, 3.8) is 0 Å². The molecule has 0 spiro atoms. The van der Waals surface area contributed by atoms with Crippen LogP contribution >= 0.6 is 0 Å². The van der Waals surface area contributed by atoms with Crippen LogP contribution in [0, 0.1) is 0 Å². The lowest BCUT2D eigenvalue weighted by Gasteiger charge is -2.27. The van der Waals surface area contributed by atoms with Crippen molar-refractivity contribution in [2.75, 3.05) is 26.8 Å². The molecule has 1 atom stereocenters. The second-order valence-corrected chi connectivity index (χ2v) is 7.02. The van der Waals surface area contributed by atoms with Crippen molar-refractivity contribution in [2.24, 2.45) is 4.99 Å². The quantitative estimate of drug-likeness (QED) is 0.451. The van der Waals surface area contributed by atoms with Crippen LogP contribution in [0.25, 0.3) is 5.69 Å². The number of hydrogen-bond acceptors (Lipinski definition) is 5. The number of aromatic nitrogens is 2. The molecule has 0 aliphatic carbocycles. The first-order chi connectivity index (χ1) is 15.2. The van der Waals surface area contributed by atoms with E-state index in [1.807, 2.05) is 72.4 Å². The second kappa shape index (κ2) is 9.88. The van der Waals surface area contributed by atoms with E-state index in [9.17, 15) is 0 Å². The maximum atomic E-state index is 6.00. The normalized spacial score (nSPS) is 15.4. The van der Waals surface area contributed by atoms with Crippen LogP contribution in [-0.4, -0.2) is 48.7 Å². The third-order valence-electron chi connectivity index (χ3n) is 4.79. The molecule has 3 aromatic rings. The van der Waals surface area contributed by atoms with E-state index in [2.05, 4.69) is 20.7 Å². The average molecular weight is 422 g/mol. The molecule has 4 rings (SSSR count). The molecule has 0 saturated carbocycles. The summed E-state index contributed by atoms with van der Waals surface area (Å²) in [5.74, 6) is 3.08. The summed E-state index contributed by atoms with van der Waals surface area (Å²) >= 11 is 0. The summed E-state index contributed by atoms with van der Waals surface area (Å²) < 4.78 is 18.8. The maximum Gasteiger partial charge on any atom is 0.191 e. The fourth-order valence-corrected chi connectivity index (χ4v) is 3.20. The summed E-state index contributed by atoms with van der Waals surface area (Å²) in [5.41, 5.74) is 1.84.